The third-order valence-electron chi connectivity index (χ3n) is 4.90. The highest BCUT2D eigenvalue weighted by Crippen LogP contribution is 2.48. The number of carbonyl (C=O) groups is 1. The molecule has 3 rings (SSSR count). The van der Waals surface area contributed by atoms with E-state index in [-0.39, 0.29) is 11.7 Å². The lowest BCUT2D eigenvalue weighted by Gasteiger charge is -2.27. The van der Waals surface area contributed by atoms with E-state index in [9.17, 15) is 9.18 Å². The van der Waals surface area contributed by atoms with Gasteiger partial charge in [0.15, 0.2) is 0 Å². The second kappa shape index (κ2) is 5.47. The Labute approximate surface area is 127 Å². The molecule has 108 valence electrons. The number of halogens is 2. The summed E-state index contributed by atoms with van der Waals surface area (Å²) in [6.45, 7) is 0.795. The van der Waals surface area contributed by atoms with E-state index in [2.05, 4.69) is 15.9 Å². The molecule has 20 heavy (non-hydrogen) atoms. The number of nitrogens with zero attached hydrogens (tertiary/aromatic N) is 1. The highest BCUT2D eigenvalue weighted by Gasteiger charge is 2.40. The van der Waals surface area contributed by atoms with Crippen molar-refractivity contribution in [3.8, 4) is 0 Å². The van der Waals surface area contributed by atoms with Gasteiger partial charge in [0.1, 0.15) is 5.82 Å². The molecule has 3 unspecified atom stereocenters. The molecule has 3 atom stereocenters. The maximum Gasteiger partial charge on any atom is 0.254 e. The van der Waals surface area contributed by atoms with Gasteiger partial charge in [0.25, 0.3) is 5.91 Å². The van der Waals surface area contributed by atoms with Crippen molar-refractivity contribution in [3.63, 3.8) is 0 Å². The molecule has 1 amide bonds. The van der Waals surface area contributed by atoms with Crippen LogP contribution in [0.5, 0.6) is 0 Å². The molecule has 0 aliphatic heterocycles. The van der Waals surface area contributed by atoms with Crippen molar-refractivity contribution >= 4 is 21.8 Å². The topological polar surface area (TPSA) is 20.3 Å². The van der Waals surface area contributed by atoms with Crippen molar-refractivity contribution in [2.45, 2.75) is 25.7 Å². The number of benzene rings is 1. The largest absolute Gasteiger partial charge is 0.341 e. The first-order valence-corrected chi connectivity index (χ1v) is 8.04. The van der Waals surface area contributed by atoms with Crippen molar-refractivity contribution in [1.29, 1.82) is 0 Å². The Kier molecular flexibility index (Phi) is 3.85. The van der Waals surface area contributed by atoms with E-state index in [4.69, 9.17) is 0 Å². The first kappa shape index (κ1) is 14.1. The lowest BCUT2D eigenvalue weighted by Crippen LogP contribution is -2.34. The van der Waals surface area contributed by atoms with Gasteiger partial charge in [-0.2, -0.15) is 0 Å². The number of carbonyl (C=O) groups excluding carboxylic acids is 1. The van der Waals surface area contributed by atoms with Crippen LogP contribution in [0.15, 0.2) is 22.7 Å². The van der Waals surface area contributed by atoms with E-state index in [1.807, 2.05) is 7.05 Å². The van der Waals surface area contributed by atoms with Crippen LogP contribution in [0.25, 0.3) is 0 Å². The molecule has 0 heterocycles. The molecule has 0 N–H and O–H groups in total. The van der Waals surface area contributed by atoms with Gasteiger partial charge >= 0.3 is 0 Å². The zero-order valence-electron chi connectivity index (χ0n) is 11.6. The highest BCUT2D eigenvalue weighted by atomic mass is 79.9. The van der Waals surface area contributed by atoms with Crippen LogP contribution in [0.2, 0.25) is 0 Å². The summed E-state index contributed by atoms with van der Waals surface area (Å²) in [5.41, 5.74) is 0.413. The lowest BCUT2D eigenvalue weighted by molar-refractivity contribution is 0.0753. The molecule has 0 spiro atoms. The molecular weight excluding hydrogens is 321 g/mol. The Balaban J connectivity index is 1.69. The van der Waals surface area contributed by atoms with Crippen LogP contribution in [0.1, 0.15) is 36.0 Å². The summed E-state index contributed by atoms with van der Waals surface area (Å²) in [4.78, 5) is 14.2. The predicted molar refractivity (Wildman–Crippen MR) is 80.0 cm³/mol. The van der Waals surface area contributed by atoms with Crippen molar-refractivity contribution < 1.29 is 9.18 Å². The van der Waals surface area contributed by atoms with Gasteiger partial charge in [-0.1, -0.05) is 6.42 Å². The average molecular weight is 340 g/mol. The first-order valence-electron chi connectivity index (χ1n) is 7.25. The predicted octanol–water partition coefficient (Wildman–Crippen LogP) is 4.10. The number of rotatable bonds is 3. The SMILES string of the molecule is CN(CC1CC2CCC1C2)C(=O)c1cc(F)ccc1Br. The first-order chi connectivity index (χ1) is 9.54. The van der Waals surface area contributed by atoms with Gasteiger partial charge in [0.2, 0.25) is 0 Å². The van der Waals surface area contributed by atoms with Gasteiger partial charge < -0.3 is 4.90 Å². The molecule has 0 radical (unpaired) electrons. The average Bonchev–Trinajstić information content (AvgIpc) is 3.03. The third-order valence-corrected chi connectivity index (χ3v) is 5.59. The summed E-state index contributed by atoms with van der Waals surface area (Å²) in [6, 6.07) is 4.26. The van der Waals surface area contributed by atoms with Crippen LogP contribution in [0.3, 0.4) is 0 Å². The summed E-state index contributed by atoms with van der Waals surface area (Å²) in [5, 5.41) is 0. The van der Waals surface area contributed by atoms with Crippen molar-refractivity contribution in [2.75, 3.05) is 13.6 Å². The Hall–Kier alpha value is -0.900. The fourth-order valence-electron chi connectivity index (χ4n) is 3.90. The van der Waals surface area contributed by atoms with Crippen LogP contribution in [0.4, 0.5) is 4.39 Å². The summed E-state index contributed by atoms with van der Waals surface area (Å²) < 4.78 is 14.0. The molecule has 2 nitrogen and oxygen atoms in total. The molecule has 1 aromatic rings. The fourth-order valence-corrected chi connectivity index (χ4v) is 4.32. The number of hydrogen-bond acceptors (Lipinski definition) is 1. The summed E-state index contributed by atoms with van der Waals surface area (Å²) in [5.74, 6) is 1.85. The molecule has 2 aliphatic rings. The fraction of sp³-hybridized carbons (Fsp3) is 0.562. The van der Waals surface area contributed by atoms with Crippen molar-refractivity contribution in [2.24, 2.45) is 17.8 Å². The van der Waals surface area contributed by atoms with Gasteiger partial charge in [0, 0.05) is 18.1 Å². The Morgan fingerprint density at radius 2 is 2.20 bits per heavy atom. The van der Waals surface area contributed by atoms with Crippen molar-refractivity contribution in [1.82, 2.24) is 4.90 Å². The minimum absolute atomic E-state index is 0.0980. The van der Waals surface area contributed by atoms with Gasteiger partial charge in [-0.25, -0.2) is 4.39 Å². The van der Waals surface area contributed by atoms with Crippen LogP contribution in [0, 0.1) is 23.6 Å². The van der Waals surface area contributed by atoms with Gasteiger partial charge in [0.05, 0.1) is 5.56 Å². The summed E-state index contributed by atoms with van der Waals surface area (Å²) in [6.07, 6.45) is 5.29. The Morgan fingerprint density at radius 3 is 2.85 bits per heavy atom. The van der Waals surface area contributed by atoms with Gasteiger partial charge in [-0.3, -0.25) is 4.79 Å². The third kappa shape index (κ3) is 2.62. The normalized spacial score (nSPS) is 27.9. The summed E-state index contributed by atoms with van der Waals surface area (Å²) >= 11 is 3.33. The molecule has 2 fully saturated rings. The number of fused-ring (bicyclic) bond motifs is 2. The maximum atomic E-state index is 13.3. The van der Waals surface area contributed by atoms with Crippen molar-refractivity contribution in [3.05, 3.63) is 34.1 Å². The highest BCUT2D eigenvalue weighted by molar-refractivity contribution is 9.10. The second-order valence-electron chi connectivity index (χ2n) is 6.24. The van der Waals surface area contributed by atoms with E-state index < -0.39 is 0 Å². The smallest absolute Gasteiger partial charge is 0.254 e. The maximum absolute atomic E-state index is 13.3. The lowest BCUT2D eigenvalue weighted by atomic mass is 9.88. The standard InChI is InChI=1S/C16H19BrFNO/c1-19(9-12-7-10-2-3-11(12)6-10)16(20)14-8-13(18)4-5-15(14)17/h4-5,8,10-12H,2-3,6-7,9H2,1H3. The Bertz CT molecular complexity index is 533. The van der Waals surface area contributed by atoms with E-state index in [0.29, 0.717) is 16.0 Å². The zero-order chi connectivity index (χ0) is 14.3. The van der Waals surface area contributed by atoms with E-state index in [1.54, 1.807) is 11.0 Å². The molecule has 2 saturated carbocycles. The molecule has 4 heteroatoms. The summed E-state index contributed by atoms with van der Waals surface area (Å²) in [7, 11) is 1.83. The monoisotopic (exact) mass is 339 g/mol. The van der Waals surface area contributed by atoms with Crippen LogP contribution in [-0.4, -0.2) is 24.4 Å². The zero-order valence-corrected chi connectivity index (χ0v) is 13.2. The van der Waals surface area contributed by atoms with Crippen LogP contribution in [-0.2, 0) is 0 Å². The minimum atomic E-state index is -0.370. The minimum Gasteiger partial charge on any atom is -0.341 e. The van der Waals surface area contributed by atoms with Crippen LogP contribution < -0.4 is 0 Å². The molecular formula is C16H19BrFNO. The molecule has 1 aromatic carbocycles. The van der Waals surface area contributed by atoms with Crippen LogP contribution >= 0.6 is 15.9 Å². The molecule has 2 aliphatic carbocycles. The number of hydrogen-bond donors (Lipinski definition) is 0. The quantitative estimate of drug-likeness (QED) is 0.811. The van der Waals surface area contributed by atoms with Gasteiger partial charge in [-0.15, -0.1) is 0 Å². The molecule has 2 bridgehead atoms. The van der Waals surface area contributed by atoms with E-state index >= 15 is 0 Å². The number of amides is 1. The second-order valence-corrected chi connectivity index (χ2v) is 7.10. The molecule has 0 saturated heterocycles. The van der Waals surface area contributed by atoms with Gasteiger partial charge in [-0.05, 0) is 71.1 Å². The molecule has 0 aromatic heterocycles. The Morgan fingerprint density at radius 1 is 1.40 bits per heavy atom. The van der Waals surface area contributed by atoms with E-state index in [0.717, 1.165) is 18.4 Å². The van der Waals surface area contributed by atoms with E-state index in [1.165, 1.54) is 37.8 Å².